The van der Waals surface area contributed by atoms with E-state index in [1.54, 1.807) is 36.5 Å². The summed E-state index contributed by atoms with van der Waals surface area (Å²) in [4.78, 5) is 17.3. The van der Waals surface area contributed by atoms with Crippen LogP contribution in [0.4, 0.5) is 0 Å². The van der Waals surface area contributed by atoms with Crippen molar-refractivity contribution in [2.45, 2.75) is 19.3 Å². The van der Waals surface area contributed by atoms with Crippen LogP contribution in [0.25, 0.3) is 22.3 Å². The molecule has 0 bridgehead atoms. The van der Waals surface area contributed by atoms with Gasteiger partial charge in [0.05, 0.1) is 22.8 Å². The Morgan fingerprint density at radius 3 is 2.68 bits per heavy atom. The highest BCUT2D eigenvalue weighted by molar-refractivity contribution is 6.06. The van der Waals surface area contributed by atoms with Crippen LogP contribution in [0.3, 0.4) is 0 Å². The van der Waals surface area contributed by atoms with E-state index in [0.29, 0.717) is 22.3 Å². The lowest BCUT2D eigenvalue weighted by Crippen LogP contribution is -2.45. The third-order valence-corrected chi connectivity index (χ3v) is 4.45. The normalized spacial score (nSPS) is 15.4. The summed E-state index contributed by atoms with van der Waals surface area (Å²) in [7, 11) is 0. The number of phenolic OH excluding ortho intramolecular Hbond substituents is 1. The van der Waals surface area contributed by atoms with E-state index < -0.39 is 0 Å². The summed E-state index contributed by atoms with van der Waals surface area (Å²) in [5.74, 6) is 0.0326. The van der Waals surface area contributed by atoms with E-state index >= 15 is 0 Å². The summed E-state index contributed by atoms with van der Waals surface area (Å²) in [5, 5.41) is 19.0. The fourth-order valence-electron chi connectivity index (χ4n) is 3.11. The van der Waals surface area contributed by atoms with Crippen molar-refractivity contribution in [2.24, 2.45) is 0 Å². The number of amides is 1. The van der Waals surface area contributed by atoms with Gasteiger partial charge in [0.2, 0.25) is 0 Å². The summed E-state index contributed by atoms with van der Waals surface area (Å²) < 4.78 is 0. The largest absolute Gasteiger partial charge is 0.508 e. The number of benzene rings is 1. The van der Waals surface area contributed by atoms with Gasteiger partial charge >= 0.3 is 0 Å². The molecular formula is C18H19N5O2. The van der Waals surface area contributed by atoms with Gasteiger partial charge in [-0.15, -0.1) is 0 Å². The van der Waals surface area contributed by atoms with Crippen molar-refractivity contribution >= 4 is 16.9 Å². The summed E-state index contributed by atoms with van der Waals surface area (Å²) in [6.07, 6.45) is 5.01. The monoisotopic (exact) mass is 337 g/mol. The molecular weight excluding hydrogens is 318 g/mol. The number of fused-ring (bicyclic) bond motifs is 1. The summed E-state index contributed by atoms with van der Waals surface area (Å²) in [6, 6.07) is 8.51. The first-order chi connectivity index (χ1) is 12.2. The lowest BCUT2D eigenvalue weighted by atomic mass is 10.1. The van der Waals surface area contributed by atoms with Gasteiger partial charge in [-0.1, -0.05) is 6.42 Å². The molecule has 3 N–H and O–H groups in total. The first-order valence-corrected chi connectivity index (χ1v) is 8.40. The predicted molar refractivity (Wildman–Crippen MR) is 93.9 cm³/mol. The third kappa shape index (κ3) is 3.18. The molecule has 0 atom stereocenters. The van der Waals surface area contributed by atoms with Crippen LogP contribution in [0.15, 0.2) is 36.5 Å². The van der Waals surface area contributed by atoms with E-state index in [4.69, 9.17) is 0 Å². The Hall–Kier alpha value is -2.93. The lowest BCUT2D eigenvalue weighted by molar-refractivity contribution is 0.0752. The number of hydrogen-bond acceptors (Lipinski definition) is 5. The number of carbonyl (C=O) groups excluding carboxylic acids is 1. The van der Waals surface area contributed by atoms with E-state index in [9.17, 15) is 9.90 Å². The van der Waals surface area contributed by atoms with Crippen LogP contribution < -0.4 is 5.43 Å². The number of nitrogens with one attached hydrogen (secondary N) is 2. The molecule has 128 valence electrons. The molecule has 1 aromatic carbocycles. The standard InChI is InChI=1S/C18H19N5O2/c24-13-6-4-12(5-7-13)16-10-14(15-11-19-21-17(15)20-16)18(25)22-23-8-2-1-3-9-23/h4-7,10-11,24H,1-3,8-9H2,(H,22,25)(H,19,20,21). The molecule has 1 aliphatic rings. The van der Waals surface area contributed by atoms with Crippen molar-refractivity contribution in [2.75, 3.05) is 13.1 Å². The maximum absolute atomic E-state index is 12.8. The molecule has 1 aliphatic heterocycles. The number of aromatic nitrogens is 3. The van der Waals surface area contributed by atoms with E-state index in [1.807, 2.05) is 5.01 Å². The van der Waals surface area contributed by atoms with Gasteiger partial charge in [0.1, 0.15) is 5.75 Å². The van der Waals surface area contributed by atoms with Crippen LogP contribution in [0.1, 0.15) is 29.6 Å². The van der Waals surface area contributed by atoms with Crippen molar-refractivity contribution in [1.29, 1.82) is 0 Å². The Morgan fingerprint density at radius 1 is 1.16 bits per heavy atom. The van der Waals surface area contributed by atoms with Crippen LogP contribution in [-0.2, 0) is 0 Å². The highest BCUT2D eigenvalue weighted by Crippen LogP contribution is 2.25. The summed E-state index contributed by atoms with van der Waals surface area (Å²) >= 11 is 0. The van der Waals surface area contributed by atoms with Crippen LogP contribution >= 0.6 is 0 Å². The first kappa shape index (κ1) is 15.6. The third-order valence-electron chi connectivity index (χ3n) is 4.45. The molecule has 0 radical (unpaired) electrons. The van der Waals surface area contributed by atoms with E-state index in [2.05, 4.69) is 20.6 Å². The number of H-pyrrole nitrogens is 1. The Morgan fingerprint density at radius 2 is 1.92 bits per heavy atom. The molecule has 7 nitrogen and oxygen atoms in total. The number of aromatic hydroxyl groups is 1. The first-order valence-electron chi connectivity index (χ1n) is 8.40. The van der Waals surface area contributed by atoms with E-state index in [0.717, 1.165) is 31.5 Å². The van der Waals surface area contributed by atoms with Crippen LogP contribution in [0.5, 0.6) is 5.75 Å². The van der Waals surface area contributed by atoms with Crippen LogP contribution in [0.2, 0.25) is 0 Å². The second-order valence-electron chi connectivity index (χ2n) is 6.22. The molecule has 0 aliphatic carbocycles. The van der Waals surface area contributed by atoms with Gasteiger partial charge in [-0.25, -0.2) is 9.99 Å². The zero-order valence-electron chi connectivity index (χ0n) is 13.7. The summed E-state index contributed by atoms with van der Waals surface area (Å²) in [5.41, 5.74) is 5.56. The van der Waals surface area contributed by atoms with Gasteiger partial charge in [0, 0.05) is 18.7 Å². The molecule has 1 amide bonds. The number of aromatic amines is 1. The number of nitrogens with zero attached hydrogens (tertiary/aromatic N) is 3. The van der Waals surface area contributed by atoms with Crippen molar-refractivity contribution in [3.05, 3.63) is 42.1 Å². The number of piperidine rings is 1. The fraction of sp³-hybridized carbons (Fsp3) is 0.278. The highest BCUT2D eigenvalue weighted by atomic mass is 16.3. The maximum atomic E-state index is 12.8. The van der Waals surface area contributed by atoms with Gasteiger partial charge in [0.25, 0.3) is 5.91 Å². The molecule has 0 spiro atoms. The zero-order valence-corrected chi connectivity index (χ0v) is 13.7. The second kappa shape index (κ2) is 6.52. The van der Waals surface area contributed by atoms with Crippen molar-refractivity contribution < 1.29 is 9.90 Å². The van der Waals surface area contributed by atoms with Gasteiger partial charge < -0.3 is 5.11 Å². The summed E-state index contributed by atoms with van der Waals surface area (Å²) in [6.45, 7) is 1.74. The minimum Gasteiger partial charge on any atom is -0.508 e. The molecule has 7 heteroatoms. The van der Waals surface area contributed by atoms with Crippen molar-refractivity contribution in [3.63, 3.8) is 0 Å². The van der Waals surface area contributed by atoms with Gasteiger partial charge in [-0.2, -0.15) is 5.10 Å². The Labute approximate surface area is 144 Å². The second-order valence-corrected chi connectivity index (χ2v) is 6.22. The molecule has 4 rings (SSSR count). The molecule has 0 saturated carbocycles. The SMILES string of the molecule is O=C(NN1CCCCC1)c1cc(-c2ccc(O)cc2)nc2[nH]ncc12. The number of rotatable bonds is 3. The molecule has 0 unspecified atom stereocenters. The Balaban J connectivity index is 1.70. The number of phenols is 1. The van der Waals surface area contributed by atoms with Gasteiger partial charge in [-0.3, -0.25) is 15.3 Å². The Kier molecular flexibility index (Phi) is 4.07. The minimum absolute atomic E-state index is 0.157. The van der Waals surface area contributed by atoms with Crippen molar-refractivity contribution in [1.82, 2.24) is 25.6 Å². The molecule has 1 saturated heterocycles. The van der Waals surface area contributed by atoms with E-state index in [1.165, 1.54) is 6.42 Å². The molecule has 2 aromatic heterocycles. The quantitative estimate of drug-likeness (QED) is 0.682. The minimum atomic E-state index is -0.157. The molecule has 3 aromatic rings. The molecule has 1 fully saturated rings. The number of carbonyl (C=O) groups is 1. The fourth-order valence-corrected chi connectivity index (χ4v) is 3.11. The number of hydrazine groups is 1. The van der Waals surface area contributed by atoms with Crippen LogP contribution in [0, 0.1) is 0 Å². The topological polar surface area (TPSA) is 94.1 Å². The lowest BCUT2D eigenvalue weighted by Gasteiger charge is -2.26. The number of pyridine rings is 1. The highest BCUT2D eigenvalue weighted by Gasteiger charge is 2.18. The average molecular weight is 337 g/mol. The predicted octanol–water partition coefficient (Wildman–Crippen LogP) is 2.46. The smallest absolute Gasteiger partial charge is 0.266 e. The van der Waals surface area contributed by atoms with Gasteiger partial charge in [0.15, 0.2) is 5.65 Å². The number of hydrogen-bond donors (Lipinski definition) is 3. The van der Waals surface area contributed by atoms with E-state index in [-0.39, 0.29) is 11.7 Å². The molecule has 3 heterocycles. The van der Waals surface area contributed by atoms with Crippen LogP contribution in [-0.4, -0.2) is 44.3 Å². The van der Waals surface area contributed by atoms with Crippen molar-refractivity contribution in [3.8, 4) is 17.0 Å². The average Bonchev–Trinajstić information content (AvgIpc) is 3.11. The molecule has 25 heavy (non-hydrogen) atoms. The Bertz CT molecular complexity index is 897. The zero-order chi connectivity index (χ0) is 17.2. The van der Waals surface area contributed by atoms with Gasteiger partial charge in [-0.05, 0) is 43.2 Å². The maximum Gasteiger partial charge on any atom is 0.266 e.